The number of anilines is 1. The number of rotatable bonds is 4. The van der Waals surface area contributed by atoms with E-state index in [4.69, 9.17) is 4.74 Å². The number of carbonyl (C=O) groups is 3. The highest BCUT2D eigenvalue weighted by molar-refractivity contribution is 6.31. The van der Waals surface area contributed by atoms with E-state index in [1.54, 1.807) is 60.7 Å². The van der Waals surface area contributed by atoms with Crippen LogP contribution < -0.4 is 4.90 Å². The van der Waals surface area contributed by atoms with Crippen molar-refractivity contribution in [1.82, 2.24) is 0 Å². The molecule has 2 heterocycles. The zero-order chi connectivity index (χ0) is 36.7. The summed E-state index contributed by atoms with van der Waals surface area (Å²) in [5.41, 5.74) is 2.33. The van der Waals surface area contributed by atoms with Gasteiger partial charge in [-0.05, 0) is 53.1 Å². The van der Waals surface area contributed by atoms with E-state index in [-0.39, 0.29) is 16.9 Å². The van der Waals surface area contributed by atoms with Crippen molar-refractivity contribution in [3.63, 3.8) is 0 Å². The number of hydrogen-bond donors (Lipinski definition) is 0. The van der Waals surface area contributed by atoms with E-state index in [0.29, 0.717) is 44.8 Å². The lowest BCUT2D eigenvalue weighted by molar-refractivity contribution is -0.0226. The molecule has 0 unspecified atom stereocenters. The molecule has 0 radical (unpaired) electrons. The second kappa shape index (κ2) is 12.0. The largest absolute Gasteiger partial charge is 0.469 e. The van der Waals surface area contributed by atoms with Crippen LogP contribution in [0.3, 0.4) is 0 Å². The molecule has 54 heavy (non-hydrogen) atoms. The molecule has 10 rings (SSSR count). The number of halogens is 2. The molecule has 6 aromatic carbocycles. The Kier molecular flexibility index (Phi) is 7.18. The monoisotopic (exact) mass is 711 g/mol. The zero-order valence-corrected chi connectivity index (χ0v) is 28.7. The molecule has 2 aliphatic carbocycles. The Morgan fingerprint density at radius 2 is 1.06 bits per heavy atom. The van der Waals surface area contributed by atoms with Crippen molar-refractivity contribution in [3.05, 3.63) is 214 Å². The van der Waals surface area contributed by atoms with E-state index in [9.17, 15) is 4.79 Å². The third-order valence-electron chi connectivity index (χ3n) is 11.8. The average Bonchev–Trinajstić information content (AvgIpc) is 3.61. The van der Waals surface area contributed by atoms with Crippen molar-refractivity contribution < 1.29 is 27.9 Å². The number of para-hydroxylation sites is 1. The van der Waals surface area contributed by atoms with Crippen molar-refractivity contribution in [2.75, 3.05) is 4.90 Å². The van der Waals surface area contributed by atoms with Gasteiger partial charge in [0.1, 0.15) is 22.8 Å². The minimum atomic E-state index is -1.89. The van der Waals surface area contributed by atoms with Crippen molar-refractivity contribution in [2.45, 2.75) is 24.1 Å². The fourth-order valence-electron chi connectivity index (χ4n) is 9.87. The molecular formula is C47H31F2NO4. The second-order valence-corrected chi connectivity index (χ2v) is 14.4. The summed E-state index contributed by atoms with van der Waals surface area (Å²) in [5.74, 6) is -4.27. The number of allylic oxidation sites excluding steroid dienone is 1. The van der Waals surface area contributed by atoms with Crippen LogP contribution in [0, 0.1) is 23.0 Å². The van der Waals surface area contributed by atoms with Crippen LogP contribution in [0.4, 0.5) is 14.5 Å². The van der Waals surface area contributed by atoms with Gasteiger partial charge in [-0.2, -0.15) is 0 Å². The number of benzene rings is 6. The minimum Gasteiger partial charge on any atom is -0.469 e. The molecular weight excluding hydrogens is 681 g/mol. The molecule has 1 spiro atoms. The number of carbonyl (C=O) groups excluding carboxylic acids is 3. The molecule has 1 fully saturated rings. The molecule has 2 aliphatic heterocycles. The molecule has 1 saturated heterocycles. The summed E-state index contributed by atoms with van der Waals surface area (Å²) in [6, 6.07) is 44.0. The molecule has 6 aromatic rings. The lowest BCUT2D eigenvalue weighted by atomic mass is 9.51. The third-order valence-corrected chi connectivity index (χ3v) is 11.8. The molecule has 262 valence electrons. The standard InChI is InChI=1S/C47H31F2NO4/c48-30-17-11-15-28(25-30)37-38-40(27-13-3-1-4-14-27)47(44(52)35-23-9-10-24-36(35)45(47)53)43(29-16-12-18-31(49)26-29)50(32-19-5-2-6-20-32)46(38)54-42-34-22-8-7-21-33(34)41(51)39(37)42/h1-26,37-38,40,43,46H/t37-,38+,40+,43+,46+/m1/s1. The summed E-state index contributed by atoms with van der Waals surface area (Å²) < 4.78 is 38.2. The Morgan fingerprint density at radius 3 is 1.69 bits per heavy atom. The Morgan fingerprint density at radius 1 is 0.537 bits per heavy atom. The average molecular weight is 712 g/mol. The van der Waals surface area contributed by atoms with Gasteiger partial charge in [0.25, 0.3) is 0 Å². The van der Waals surface area contributed by atoms with E-state index in [1.807, 2.05) is 77.7 Å². The van der Waals surface area contributed by atoms with Gasteiger partial charge in [0.05, 0.1) is 11.6 Å². The smallest absolute Gasteiger partial charge is 0.194 e. The summed E-state index contributed by atoms with van der Waals surface area (Å²) in [6.07, 6.45) is -0.938. The summed E-state index contributed by atoms with van der Waals surface area (Å²) >= 11 is 0. The number of piperidine rings is 1. The van der Waals surface area contributed by atoms with Crippen LogP contribution in [0.1, 0.15) is 71.2 Å². The highest BCUT2D eigenvalue weighted by atomic mass is 19.1. The number of hydrogen-bond acceptors (Lipinski definition) is 5. The highest BCUT2D eigenvalue weighted by Crippen LogP contribution is 2.68. The summed E-state index contributed by atoms with van der Waals surface area (Å²) in [7, 11) is 0. The molecule has 0 N–H and O–H groups in total. The van der Waals surface area contributed by atoms with Crippen LogP contribution in [0.5, 0.6) is 0 Å². The van der Waals surface area contributed by atoms with Crippen molar-refractivity contribution >= 4 is 28.8 Å². The number of ketones is 3. The molecule has 5 nitrogen and oxygen atoms in total. The SMILES string of the molecule is O=C1C2=C(O[C@H]3[C@@H]([C@H]2c2cccc(F)c2)[C@H](c2ccccc2)C2(C(=O)c4ccccc4C2=O)[C@H](c2cccc(F)c2)N3c2ccccc2)c2ccccc21. The van der Waals surface area contributed by atoms with Gasteiger partial charge in [0.15, 0.2) is 23.6 Å². The first-order valence-electron chi connectivity index (χ1n) is 18.0. The lowest BCUT2D eigenvalue weighted by Crippen LogP contribution is -2.65. The predicted octanol–water partition coefficient (Wildman–Crippen LogP) is 9.74. The second-order valence-electron chi connectivity index (χ2n) is 14.4. The van der Waals surface area contributed by atoms with Gasteiger partial charge in [0, 0.05) is 45.7 Å². The summed E-state index contributed by atoms with van der Waals surface area (Å²) in [5, 5.41) is 0. The summed E-state index contributed by atoms with van der Waals surface area (Å²) in [6.45, 7) is 0. The molecule has 0 bridgehead atoms. The van der Waals surface area contributed by atoms with Crippen LogP contribution in [-0.4, -0.2) is 23.6 Å². The normalized spacial score (nSPS) is 23.5. The fourth-order valence-corrected chi connectivity index (χ4v) is 9.87. The van der Waals surface area contributed by atoms with Crippen molar-refractivity contribution in [1.29, 1.82) is 0 Å². The fraction of sp³-hybridized carbons (Fsp3) is 0.128. The lowest BCUT2D eigenvalue weighted by Gasteiger charge is -2.61. The van der Waals surface area contributed by atoms with Gasteiger partial charge < -0.3 is 9.64 Å². The van der Waals surface area contributed by atoms with E-state index in [2.05, 4.69) is 0 Å². The molecule has 0 saturated carbocycles. The first-order chi connectivity index (χ1) is 26.4. The van der Waals surface area contributed by atoms with Crippen molar-refractivity contribution in [2.24, 2.45) is 11.3 Å². The Bertz CT molecular complexity index is 2530. The van der Waals surface area contributed by atoms with Gasteiger partial charge >= 0.3 is 0 Å². The van der Waals surface area contributed by atoms with Crippen LogP contribution in [0.2, 0.25) is 0 Å². The zero-order valence-electron chi connectivity index (χ0n) is 28.7. The maximum atomic E-state index is 15.7. The molecule has 5 atom stereocenters. The van der Waals surface area contributed by atoms with Crippen LogP contribution in [-0.2, 0) is 4.74 Å². The maximum absolute atomic E-state index is 15.7. The number of nitrogens with zero attached hydrogens (tertiary/aromatic N) is 1. The Balaban J connectivity index is 1.37. The molecule has 4 aliphatic rings. The topological polar surface area (TPSA) is 63.7 Å². The quantitative estimate of drug-likeness (QED) is 0.171. The van der Waals surface area contributed by atoms with Crippen LogP contribution >= 0.6 is 0 Å². The maximum Gasteiger partial charge on any atom is 0.194 e. The van der Waals surface area contributed by atoms with Crippen LogP contribution in [0.15, 0.2) is 163 Å². The van der Waals surface area contributed by atoms with E-state index in [0.717, 1.165) is 0 Å². The molecule has 7 heteroatoms. The first-order valence-corrected chi connectivity index (χ1v) is 18.0. The van der Waals surface area contributed by atoms with E-state index >= 15 is 18.4 Å². The van der Waals surface area contributed by atoms with Gasteiger partial charge in [-0.3, -0.25) is 14.4 Å². The van der Waals surface area contributed by atoms with Crippen molar-refractivity contribution in [3.8, 4) is 0 Å². The molecule has 0 aromatic heterocycles. The first kappa shape index (κ1) is 32.2. The van der Waals surface area contributed by atoms with Gasteiger partial charge in [-0.1, -0.05) is 121 Å². The number of Topliss-reactive ketones (excluding diaryl/α,β-unsaturated/α-hetero) is 3. The number of ether oxygens (including phenoxy) is 1. The molecule has 0 amide bonds. The third kappa shape index (κ3) is 4.38. The minimum absolute atomic E-state index is 0.250. The highest BCUT2D eigenvalue weighted by Gasteiger charge is 2.72. The van der Waals surface area contributed by atoms with E-state index < -0.39 is 58.6 Å². The Labute approximate surface area is 310 Å². The summed E-state index contributed by atoms with van der Waals surface area (Å²) in [4.78, 5) is 48.1. The predicted molar refractivity (Wildman–Crippen MR) is 200 cm³/mol. The Hall–Kier alpha value is -6.47. The van der Waals surface area contributed by atoms with Gasteiger partial charge in [-0.25, -0.2) is 8.78 Å². The van der Waals surface area contributed by atoms with E-state index in [1.165, 1.54) is 24.3 Å². The van der Waals surface area contributed by atoms with Crippen LogP contribution in [0.25, 0.3) is 5.76 Å². The van der Waals surface area contributed by atoms with Gasteiger partial charge in [-0.15, -0.1) is 0 Å². The van der Waals surface area contributed by atoms with Gasteiger partial charge in [0.2, 0.25) is 0 Å². The number of fused-ring (bicyclic) bond motifs is 4.